The number of rotatable bonds is 1. The standard InChI is InChI=1S/C16H23N3O2/c1-11-5-13(7-17-6-11)18-8-12-9-19(14(12)10-18)15(20)21-16(2,3)4/h5-7,12,14H,8-10H2,1-4H3/t12-,14-/m1/s1. The molecule has 0 radical (unpaired) electrons. The van der Waals surface area contributed by atoms with Gasteiger partial charge in [-0.1, -0.05) is 0 Å². The third kappa shape index (κ3) is 2.82. The lowest BCUT2D eigenvalue weighted by Crippen LogP contribution is -2.59. The Hall–Kier alpha value is -1.78. The molecule has 5 nitrogen and oxygen atoms in total. The van der Waals surface area contributed by atoms with Gasteiger partial charge in [-0.05, 0) is 39.3 Å². The number of nitrogens with zero attached hydrogens (tertiary/aromatic N) is 3. The molecule has 1 amide bonds. The summed E-state index contributed by atoms with van der Waals surface area (Å²) in [5, 5.41) is 0. The van der Waals surface area contributed by atoms with Crippen LogP contribution in [0.1, 0.15) is 26.3 Å². The molecular formula is C16H23N3O2. The number of likely N-dealkylation sites (tertiary alicyclic amines) is 1. The average molecular weight is 289 g/mol. The molecule has 2 aliphatic rings. The van der Waals surface area contributed by atoms with E-state index in [1.54, 1.807) is 0 Å². The van der Waals surface area contributed by atoms with Crippen LogP contribution < -0.4 is 4.90 Å². The minimum atomic E-state index is -0.430. The van der Waals surface area contributed by atoms with Crippen LogP contribution in [-0.2, 0) is 4.74 Å². The molecule has 3 heterocycles. The van der Waals surface area contributed by atoms with Crippen LogP contribution in [0.4, 0.5) is 10.5 Å². The summed E-state index contributed by atoms with van der Waals surface area (Å²) >= 11 is 0. The second kappa shape index (κ2) is 4.90. The number of pyridine rings is 1. The van der Waals surface area contributed by atoms with Crippen LogP contribution >= 0.6 is 0 Å². The zero-order valence-corrected chi connectivity index (χ0v) is 13.2. The van der Waals surface area contributed by atoms with Crippen molar-refractivity contribution >= 4 is 11.8 Å². The summed E-state index contributed by atoms with van der Waals surface area (Å²) in [6.45, 7) is 10.4. The molecule has 2 saturated heterocycles. The fourth-order valence-electron chi connectivity index (χ4n) is 3.09. The first kappa shape index (κ1) is 14.2. The van der Waals surface area contributed by atoms with E-state index < -0.39 is 5.60 Å². The number of fused-ring (bicyclic) bond motifs is 1. The minimum absolute atomic E-state index is 0.187. The average Bonchev–Trinajstić information content (AvgIpc) is 2.65. The number of ether oxygens (including phenoxy) is 1. The van der Waals surface area contributed by atoms with Gasteiger partial charge in [0, 0.05) is 31.7 Å². The molecule has 1 aromatic heterocycles. The molecule has 5 heteroatoms. The van der Waals surface area contributed by atoms with Crippen LogP contribution in [0.3, 0.4) is 0 Å². The SMILES string of the molecule is Cc1cncc(N2C[C@@H]3CN(C(=O)OC(C)(C)C)[C@@H]3C2)c1. The predicted molar refractivity (Wildman–Crippen MR) is 81.4 cm³/mol. The van der Waals surface area contributed by atoms with Crippen molar-refractivity contribution in [2.24, 2.45) is 5.92 Å². The van der Waals surface area contributed by atoms with Gasteiger partial charge in [0.15, 0.2) is 0 Å². The second-order valence-corrected chi connectivity index (χ2v) is 7.09. The normalized spacial score (nSPS) is 24.6. The van der Waals surface area contributed by atoms with E-state index in [2.05, 4.69) is 16.0 Å². The Labute approximate surface area is 125 Å². The Morgan fingerprint density at radius 3 is 2.71 bits per heavy atom. The van der Waals surface area contributed by atoms with Gasteiger partial charge < -0.3 is 14.5 Å². The van der Waals surface area contributed by atoms with E-state index in [1.807, 2.05) is 45.0 Å². The lowest BCUT2D eigenvalue weighted by Gasteiger charge is -2.43. The van der Waals surface area contributed by atoms with Gasteiger partial charge >= 0.3 is 6.09 Å². The zero-order valence-electron chi connectivity index (χ0n) is 13.2. The number of amides is 1. The van der Waals surface area contributed by atoms with Gasteiger partial charge in [0.1, 0.15) is 5.60 Å². The summed E-state index contributed by atoms with van der Waals surface area (Å²) in [6.07, 6.45) is 3.57. The molecule has 1 aromatic rings. The predicted octanol–water partition coefficient (Wildman–Crippen LogP) is 2.45. The van der Waals surface area contributed by atoms with Crippen molar-refractivity contribution < 1.29 is 9.53 Å². The lowest BCUT2D eigenvalue weighted by molar-refractivity contribution is -0.0163. The third-order valence-electron chi connectivity index (χ3n) is 4.09. The maximum absolute atomic E-state index is 12.2. The van der Waals surface area contributed by atoms with Gasteiger partial charge in [-0.3, -0.25) is 4.98 Å². The van der Waals surface area contributed by atoms with Crippen molar-refractivity contribution in [3.05, 3.63) is 24.0 Å². The quantitative estimate of drug-likeness (QED) is 0.796. The molecule has 0 spiro atoms. The fourth-order valence-corrected chi connectivity index (χ4v) is 3.09. The molecule has 2 fully saturated rings. The van der Waals surface area contributed by atoms with Crippen LogP contribution in [0.2, 0.25) is 0 Å². The highest BCUT2D eigenvalue weighted by atomic mass is 16.6. The Bertz CT molecular complexity index is 553. The molecule has 0 saturated carbocycles. The number of hydrogen-bond acceptors (Lipinski definition) is 4. The highest BCUT2D eigenvalue weighted by Gasteiger charge is 2.49. The number of carbonyl (C=O) groups is 1. The van der Waals surface area contributed by atoms with E-state index in [0.717, 1.165) is 30.9 Å². The summed E-state index contributed by atoms with van der Waals surface area (Å²) in [6, 6.07) is 2.43. The van der Waals surface area contributed by atoms with Crippen LogP contribution in [0.15, 0.2) is 18.5 Å². The summed E-state index contributed by atoms with van der Waals surface area (Å²) in [5.74, 6) is 0.554. The Morgan fingerprint density at radius 1 is 1.29 bits per heavy atom. The van der Waals surface area contributed by atoms with E-state index >= 15 is 0 Å². The van der Waals surface area contributed by atoms with Gasteiger partial charge in [0.05, 0.1) is 17.9 Å². The highest BCUT2D eigenvalue weighted by Crippen LogP contribution is 2.35. The van der Waals surface area contributed by atoms with Gasteiger partial charge in [0.2, 0.25) is 0 Å². The molecule has 0 bridgehead atoms. The summed E-state index contributed by atoms with van der Waals surface area (Å²) < 4.78 is 5.47. The van der Waals surface area contributed by atoms with Crippen molar-refractivity contribution in [3.8, 4) is 0 Å². The minimum Gasteiger partial charge on any atom is -0.444 e. The number of carbonyl (C=O) groups excluding carboxylic acids is 1. The van der Waals surface area contributed by atoms with Gasteiger partial charge in [-0.2, -0.15) is 0 Å². The maximum Gasteiger partial charge on any atom is 0.410 e. The van der Waals surface area contributed by atoms with Crippen LogP contribution in [0, 0.1) is 12.8 Å². The van der Waals surface area contributed by atoms with E-state index in [-0.39, 0.29) is 12.1 Å². The molecule has 3 rings (SSSR count). The molecule has 0 N–H and O–H groups in total. The number of anilines is 1. The van der Waals surface area contributed by atoms with Crippen LogP contribution in [0.5, 0.6) is 0 Å². The molecular weight excluding hydrogens is 266 g/mol. The molecule has 0 unspecified atom stereocenters. The zero-order chi connectivity index (χ0) is 15.2. The highest BCUT2D eigenvalue weighted by molar-refractivity contribution is 5.70. The van der Waals surface area contributed by atoms with Crippen molar-refractivity contribution in [1.29, 1.82) is 0 Å². The first-order valence-electron chi connectivity index (χ1n) is 7.50. The van der Waals surface area contributed by atoms with Crippen molar-refractivity contribution in [3.63, 3.8) is 0 Å². The van der Waals surface area contributed by atoms with E-state index in [9.17, 15) is 4.79 Å². The molecule has 0 aliphatic carbocycles. The van der Waals surface area contributed by atoms with Crippen molar-refractivity contribution in [1.82, 2.24) is 9.88 Å². The van der Waals surface area contributed by atoms with Crippen molar-refractivity contribution in [2.75, 3.05) is 24.5 Å². The molecule has 114 valence electrons. The van der Waals surface area contributed by atoms with Crippen molar-refractivity contribution in [2.45, 2.75) is 39.3 Å². The number of aryl methyl sites for hydroxylation is 1. The molecule has 21 heavy (non-hydrogen) atoms. The van der Waals surface area contributed by atoms with E-state index in [1.165, 1.54) is 0 Å². The van der Waals surface area contributed by atoms with Gasteiger partial charge in [-0.15, -0.1) is 0 Å². The first-order valence-corrected chi connectivity index (χ1v) is 7.50. The Balaban J connectivity index is 1.64. The largest absolute Gasteiger partial charge is 0.444 e. The van der Waals surface area contributed by atoms with Crippen LogP contribution in [-0.4, -0.2) is 47.3 Å². The first-order chi connectivity index (χ1) is 9.83. The Morgan fingerprint density at radius 2 is 2.05 bits per heavy atom. The summed E-state index contributed by atoms with van der Waals surface area (Å²) in [7, 11) is 0. The molecule has 0 aromatic carbocycles. The molecule has 2 aliphatic heterocycles. The lowest BCUT2D eigenvalue weighted by atomic mass is 9.93. The number of hydrogen-bond donors (Lipinski definition) is 0. The van der Waals surface area contributed by atoms with Gasteiger partial charge in [-0.25, -0.2) is 4.79 Å². The van der Waals surface area contributed by atoms with E-state index in [0.29, 0.717) is 5.92 Å². The topological polar surface area (TPSA) is 45.7 Å². The monoisotopic (exact) mass is 289 g/mol. The second-order valence-electron chi connectivity index (χ2n) is 7.09. The van der Waals surface area contributed by atoms with E-state index in [4.69, 9.17) is 4.74 Å². The Kier molecular flexibility index (Phi) is 3.30. The van der Waals surface area contributed by atoms with Crippen LogP contribution in [0.25, 0.3) is 0 Å². The smallest absolute Gasteiger partial charge is 0.410 e. The summed E-state index contributed by atoms with van der Waals surface area (Å²) in [4.78, 5) is 20.6. The third-order valence-corrected chi connectivity index (χ3v) is 4.09. The molecule has 2 atom stereocenters. The fraction of sp³-hybridized carbons (Fsp3) is 0.625. The van der Waals surface area contributed by atoms with Gasteiger partial charge in [0.25, 0.3) is 0 Å². The summed E-state index contributed by atoms with van der Waals surface area (Å²) in [5.41, 5.74) is 1.88. The maximum atomic E-state index is 12.2. The number of aromatic nitrogens is 1.